The normalized spacial score (nSPS) is 15.6. The third-order valence-corrected chi connectivity index (χ3v) is 5.43. The van der Waals surface area contributed by atoms with Crippen LogP contribution in [0.4, 0.5) is 0 Å². The largest absolute Gasteiger partial charge is 0.338 e. The number of carbonyl (C=O) groups excluding carboxylic acids is 1. The van der Waals surface area contributed by atoms with Crippen LogP contribution in [0.1, 0.15) is 40.9 Å². The van der Waals surface area contributed by atoms with Crippen molar-refractivity contribution in [3.63, 3.8) is 0 Å². The molecule has 2 aromatic heterocycles. The SMILES string of the molecule is Cc1cc(C(=O)N2CCC(CCn3cccn3)CC2)c(=O)n(C)c1C. The molecule has 6 heteroatoms. The Hall–Kier alpha value is -2.37. The number of pyridine rings is 1. The van der Waals surface area contributed by atoms with Gasteiger partial charge in [0.2, 0.25) is 0 Å². The highest BCUT2D eigenvalue weighted by Crippen LogP contribution is 2.22. The first-order valence-corrected chi connectivity index (χ1v) is 8.91. The lowest BCUT2D eigenvalue weighted by atomic mass is 9.93. The summed E-state index contributed by atoms with van der Waals surface area (Å²) in [5, 5.41) is 4.23. The Morgan fingerprint density at radius 1 is 1.28 bits per heavy atom. The quantitative estimate of drug-likeness (QED) is 0.855. The van der Waals surface area contributed by atoms with E-state index < -0.39 is 0 Å². The summed E-state index contributed by atoms with van der Waals surface area (Å²) >= 11 is 0. The van der Waals surface area contributed by atoms with E-state index in [1.807, 2.05) is 35.7 Å². The van der Waals surface area contributed by atoms with Crippen molar-refractivity contribution in [2.24, 2.45) is 13.0 Å². The maximum Gasteiger partial charge on any atom is 0.263 e. The summed E-state index contributed by atoms with van der Waals surface area (Å²) in [6.45, 7) is 6.20. The molecule has 6 nitrogen and oxygen atoms in total. The van der Waals surface area contributed by atoms with Crippen LogP contribution < -0.4 is 5.56 Å². The minimum atomic E-state index is -0.200. The van der Waals surface area contributed by atoms with Gasteiger partial charge in [-0.3, -0.25) is 14.3 Å². The van der Waals surface area contributed by atoms with Crippen LogP contribution in [0.3, 0.4) is 0 Å². The second-order valence-corrected chi connectivity index (χ2v) is 6.98. The molecule has 2 aromatic rings. The molecule has 3 heterocycles. The fraction of sp³-hybridized carbons (Fsp3) is 0.526. The highest BCUT2D eigenvalue weighted by atomic mass is 16.2. The zero-order valence-corrected chi connectivity index (χ0v) is 15.2. The van der Waals surface area contributed by atoms with Gasteiger partial charge in [-0.1, -0.05) is 0 Å². The van der Waals surface area contributed by atoms with E-state index in [1.165, 1.54) is 0 Å². The molecule has 3 rings (SSSR count). The molecule has 1 amide bonds. The van der Waals surface area contributed by atoms with Gasteiger partial charge in [0.15, 0.2) is 0 Å². The Morgan fingerprint density at radius 2 is 2.00 bits per heavy atom. The summed E-state index contributed by atoms with van der Waals surface area (Å²) in [4.78, 5) is 27.0. The molecule has 0 unspecified atom stereocenters. The first-order chi connectivity index (χ1) is 12.0. The molecule has 0 aliphatic carbocycles. The van der Waals surface area contributed by atoms with Crippen molar-refractivity contribution < 1.29 is 4.79 Å². The average Bonchev–Trinajstić information content (AvgIpc) is 3.14. The molecule has 1 aliphatic heterocycles. The Balaban J connectivity index is 1.61. The van der Waals surface area contributed by atoms with E-state index in [0.717, 1.165) is 50.2 Å². The molecule has 0 saturated carbocycles. The summed E-state index contributed by atoms with van der Waals surface area (Å²) in [5.74, 6) is 0.477. The molecule has 1 saturated heterocycles. The number of rotatable bonds is 4. The standard InChI is InChI=1S/C19H26N4O2/c1-14-13-17(18(24)21(3)15(14)2)19(25)22-10-5-16(6-11-22)7-12-23-9-4-8-20-23/h4,8-9,13,16H,5-7,10-12H2,1-3H3. The fourth-order valence-electron chi connectivity index (χ4n) is 3.48. The predicted octanol–water partition coefficient (Wildman–Crippen LogP) is 2.14. The number of carbonyl (C=O) groups is 1. The van der Waals surface area contributed by atoms with Crippen LogP contribution in [0.5, 0.6) is 0 Å². The van der Waals surface area contributed by atoms with E-state index in [4.69, 9.17) is 0 Å². The summed E-state index contributed by atoms with van der Waals surface area (Å²) in [6, 6.07) is 3.68. The van der Waals surface area contributed by atoms with Gasteiger partial charge in [-0.2, -0.15) is 5.10 Å². The summed E-state index contributed by atoms with van der Waals surface area (Å²) < 4.78 is 3.52. The van der Waals surface area contributed by atoms with E-state index in [0.29, 0.717) is 11.5 Å². The number of amides is 1. The van der Waals surface area contributed by atoms with Crippen molar-refractivity contribution in [3.8, 4) is 0 Å². The Labute approximate surface area is 148 Å². The van der Waals surface area contributed by atoms with Crippen LogP contribution in [0.15, 0.2) is 29.3 Å². The third-order valence-electron chi connectivity index (χ3n) is 5.43. The fourth-order valence-corrected chi connectivity index (χ4v) is 3.48. The van der Waals surface area contributed by atoms with Gasteiger partial charge in [0.05, 0.1) is 0 Å². The Morgan fingerprint density at radius 3 is 2.64 bits per heavy atom. The molecule has 1 fully saturated rings. The Kier molecular flexibility index (Phi) is 5.06. The van der Waals surface area contributed by atoms with E-state index in [1.54, 1.807) is 23.9 Å². The lowest BCUT2D eigenvalue weighted by molar-refractivity contribution is 0.0682. The van der Waals surface area contributed by atoms with Crippen molar-refractivity contribution in [3.05, 3.63) is 51.7 Å². The molecule has 134 valence electrons. The zero-order chi connectivity index (χ0) is 18.0. The first kappa shape index (κ1) is 17.5. The van der Waals surface area contributed by atoms with E-state index in [9.17, 15) is 9.59 Å². The molecule has 0 atom stereocenters. The molecule has 0 bridgehead atoms. The molecule has 0 N–H and O–H groups in total. The predicted molar refractivity (Wildman–Crippen MR) is 96.6 cm³/mol. The van der Waals surface area contributed by atoms with Crippen LogP contribution in [0.2, 0.25) is 0 Å². The summed E-state index contributed by atoms with van der Waals surface area (Å²) in [7, 11) is 1.73. The molecule has 0 aromatic carbocycles. The number of nitrogens with zero attached hydrogens (tertiary/aromatic N) is 4. The van der Waals surface area contributed by atoms with Crippen molar-refractivity contribution >= 4 is 5.91 Å². The van der Waals surface area contributed by atoms with Crippen LogP contribution in [-0.4, -0.2) is 38.2 Å². The molecule has 1 aliphatic rings. The smallest absolute Gasteiger partial charge is 0.263 e. The molecule has 25 heavy (non-hydrogen) atoms. The molecule has 0 radical (unpaired) electrons. The molecular weight excluding hydrogens is 316 g/mol. The van der Waals surface area contributed by atoms with Crippen molar-refractivity contribution in [1.82, 2.24) is 19.2 Å². The first-order valence-electron chi connectivity index (χ1n) is 8.91. The van der Waals surface area contributed by atoms with Crippen LogP contribution >= 0.6 is 0 Å². The van der Waals surface area contributed by atoms with Gasteiger partial charge in [0.1, 0.15) is 5.56 Å². The van der Waals surface area contributed by atoms with Gasteiger partial charge in [0, 0.05) is 44.8 Å². The van der Waals surface area contributed by atoms with Gasteiger partial charge >= 0.3 is 0 Å². The number of hydrogen-bond acceptors (Lipinski definition) is 3. The van der Waals surface area contributed by atoms with Gasteiger partial charge < -0.3 is 9.47 Å². The number of aromatic nitrogens is 3. The van der Waals surface area contributed by atoms with E-state index >= 15 is 0 Å². The lowest BCUT2D eigenvalue weighted by Gasteiger charge is -2.32. The lowest BCUT2D eigenvalue weighted by Crippen LogP contribution is -2.41. The van der Waals surface area contributed by atoms with Crippen molar-refractivity contribution in [2.45, 2.75) is 39.7 Å². The monoisotopic (exact) mass is 342 g/mol. The number of piperidine rings is 1. The van der Waals surface area contributed by atoms with Crippen molar-refractivity contribution in [1.29, 1.82) is 0 Å². The average molecular weight is 342 g/mol. The number of likely N-dealkylation sites (tertiary alicyclic amines) is 1. The van der Waals surface area contributed by atoms with Gasteiger partial charge in [0.25, 0.3) is 11.5 Å². The van der Waals surface area contributed by atoms with E-state index in [-0.39, 0.29) is 11.5 Å². The second kappa shape index (κ2) is 7.25. The zero-order valence-electron chi connectivity index (χ0n) is 15.2. The third kappa shape index (κ3) is 3.67. The highest BCUT2D eigenvalue weighted by molar-refractivity contribution is 5.94. The second-order valence-electron chi connectivity index (χ2n) is 6.98. The maximum absolute atomic E-state index is 12.8. The van der Waals surface area contributed by atoms with Gasteiger partial charge in [-0.25, -0.2) is 0 Å². The topological polar surface area (TPSA) is 60.1 Å². The van der Waals surface area contributed by atoms with Crippen molar-refractivity contribution in [2.75, 3.05) is 13.1 Å². The Bertz CT molecular complexity index is 800. The van der Waals surface area contributed by atoms with Gasteiger partial charge in [-0.05, 0) is 56.7 Å². The minimum Gasteiger partial charge on any atom is -0.338 e. The summed E-state index contributed by atoms with van der Waals surface area (Å²) in [6.07, 6.45) is 6.82. The van der Waals surface area contributed by atoms with E-state index in [2.05, 4.69) is 5.10 Å². The molecule has 0 spiro atoms. The summed E-state index contributed by atoms with van der Waals surface area (Å²) in [5.41, 5.74) is 1.97. The number of aryl methyl sites for hydroxylation is 2. The van der Waals surface area contributed by atoms with Gasteiger partial charge in [-0.15, -0.1) is 0 Å². The maximum atomic E-state index is 12.8. The molecular formula is C19H26N4O2. The van der Waals surface area contributed by atoms with Crippen LogP contribution in [-0.2, 0) is 13.6 Å². The minimum absolute atomic E-state index is 0.130. The van der Waals surface area contributed by atoms with Crippen LogP contribution in [0, 0.1) is 19.8 Å². The highest BCUT2D eigenvalue weighted by Gasteiger charge is 2.25. The number of hydrogen-bond donors (Lipinski definition) is 0. The van der Waals surface area contributed by atoms with Crippen LogP contribution in [0.25, 0.3) is 0 Å².